The largest absolute Gasteiger partial charge is 0.354 e. The highest BCUT2D eigenvalue weighted by atomic mass is 79.9. The topological polar surface area (TPSA) is 86.8 Å². The van der Waals surface area contributed by atoms with E-state index in [0.29, 0.717) is 25.2 Å². The molecule has 1 atom stereocenters. The fourth-order valence-electron chi connectivity index (χ4n) is 3.69. The van der Waals surface area contributed by atoms with Gasteiger partial charge in [0.2, 0.25) is 21.8 Å². The average Bonchev–Trinajstić information content (AvgIpc) is 2.80. The molecule has 2 aromatic carbocycles. The first-order valence-electron chi connectivity index (χ1n) is 11.9. The second-order valence-corrected chi connectivity index (χ2v) is 11.6. The third kappa shape index (κ3) is 9.29. The lowest BCUT2D eigenvalue weighted by molar-refractivity contribution is -0.140. The fraction of sp³-hybridized carbons (Fsp3) is 0.462. The Morgan fingerprint density at radius 1 is 1.09 bits per heavy atom. The molecule has 0 aromatic heterocycles. The molecule has 0 aliphatic rings. The Kier molecular flexibility index (Phi) is 11.2. The maximum absolute atomic E-state index is 13.3. The van der Waals surface area contributed by atoms with Crippen molar-refractivity contribution < 1.29 is 18.0 Å². The van der Waals surface area contributed by atoms with Crippen LogP contribution in [0.2, 0.25) is 0 Å². The van der Waals surface area contributed by atoms with Crippen molar-refractivity contribution in [3.05, 3.63) is 64.1 Å². The number of nitrogens with one attached hydrogen (secondary N) is 1. The molecule has 2 aromatic rings. The van der Waals surface area contributed by atoms with Crippen LogP contribution in [0.5, 0.6) is 0 Å². The first-order chi connectivity index (χ1) is 16.5. The minimum Gasteiger partial charge on any atom is -0.354 e. The van der Waals surface area contributed by atoms with Crippen LogP contribution in [0.25, 0.3) is 0 Å². The number of rotatable bonds is 13. The van der Waals surface area contributed by atoms with Crippen molar-refractivity contribution in [2.45, 2.75) is 59.0 Å². The maximum atomic E-state index is 13.3. The molecule has 0 radical (unpaired) electrons. The predicted molar refractivity (Wildman–Crippen MR) is 145 cm³/mol. The van der Waals surface area contributed by atoms with Gasteiger partial charge in [-0.1, -0.05) is 53.5 Å². The summed E-state index contributed by atoms with van der Waals surface area (Å²) in [4.78, 5) is 27.6. The van der Waals surface area contributed by atoms with Gasteiger partial charge in [-0.3, -0.25) is 13.9 Å². The lowest BCUT2D eigenvalue weighted by Gasteiger charge is -2.29. The van der Waals surface area contributed by atoms with Crippen molar-refractivity contribution in [2.24, 2.45) is 0 Å². The number of anilines is 1. The summed E-state index contributed by atoms with van der Waals surface area (Å²) in [6, 6.07) is 14.2. The lowest BCUT2D eigenvalue weighted by Crippen LogP contribution is -2.47. The number of unbranched alkanes of at least 4 members (excludes halogenated alkanes) is 1. The van der Waals surface area contributed by atoms with Crippen LogP contribution in [-0.4, -0.2) is 50.5 Å². The van der Waals surface area contributed by atoms with E-state index in [1.807, 2.05) is 49.4 Å². The van der Waals surface area contributed by atoms with E-state index in [4.69, 9.17) is 0 Å². The molecular weight excluding hydrogens is 530 g/mol. The van der Waals surface area contributed by atoms with Crippen LogP contribution in [0.15, 0.2) is 53.0 Å². The molecule has 0 unspecified atom stereocenters. The van der Waals surface area contributed by atoms with Crippen LogP contribution in [0.1, 0.15) is 50.7 Å². The predicted octanol–water partition coefficient (Wildman–Crippen LogP) is 4.64. The summed E-state index contributed by atoms with van der Waals surface area (Å²) >= 11 is 3.42. The highest BCUT2D eigenvalue weighted by molar-refractivity contribution is 9.10. The Hall–Kier alpha value is -2.39. The second-order valence-electron chi connectivity index (χ2n) is 8.75. The molecule has 35 heavy (non-hydrogen) atoms. The zero-order valence-electron chi connectivity index (χ0n) is 21.0. The number of amides is 2. The van der Waals surface area contributed by atoms with E-state index < -0.39 is 16.1 Å². The van der Waals surface area contributed by atoms with Gasteiger partial charge in [-0.15, -0.1) is 0 Å². The van der Waals surface area contributed by atoms with Gasteiger partial charge in [0.25, 0.3) is 0 Å². The molecule has 2 amide bonds. The van der Waals surface area contributed by atoms with Gasteiger partial charge in [0, 0.05) is 30.5 Å². The van der Waals surface area contributed by atoms with Crippen LogP contribution in [0, 0.1) is 6.92 Å². The summed E-state index contributed by atoms with van der Waals surface area (Å²) in [6.07, 6.45) is 3.47. The summed E-state index contributed by atoms with van der Waals surface area (Å²) in [6.45, 7) is 6.72. The summed E-state index contributed by atoms with van der Waals surface area (Å²) in [7, 11) is -3.51. The lowest BCUT2D eigenvalue weighted by atomic mass is 10.1. The molecule has 0 bridgehead atoms. The summed E-state index contributed by atoms with van der Waals surface area (Å²) in [5, 5.41) is 2.91. The Balaban J connectivity index is 2.13. The number of nitrogens with zero attached hydrogens (tertiary/aromatic N) is 2. The Morgan fingerprint density at radius 3 is 2.37 bits per heavy atom. The van der Waals surface area contributed by atoms with Crippen LogP contribution >= 0.6 is 15.9 Å². The quantitative estimate of drug-likeness (QED) is 0.358. The van der Waals surface area contributed by atoms with Gasteiger partial charge in [0.05, 0.1) is 11.9 Å². The molecule has 0 saturated carbocycles. The molecule has 7 nitrogen and oxygen atoms in total. The smallest absolute Gasteiger partial charge is 0.242 e. The third-order valence-corrected chi connectivity index (χ3v) is 7.43. The number of carbonyl (C=O) groups is 2. The minimum atomic E-state index is -3.51. The van der Waals surface area contributed by atoms with Gasteiger partial charge in [0.15, 0.2) is 0 Å². The summed E-state index contributed by atoms with van der Waals surface area (Å²) in [5.74, 6) is -0.384. The Bertz CT molecular complexity index is 1090. The molecule has 1 N–H and O–H groups in total. The number of aryl methyl sites for hydroxylation is 1. The standard InChI is InChI=1S/C26H36BrN3O4S/c1-5-6-16-28-26(32)21(3)29(19-22-12-14-23(27)15-13-22)25(31)11-8-17-30(35(4,33)34)24-10-7-9-20(2)18-24/h7,9-10,12-15,18,21H,5-6,8,11,16-17,19H2,1-4H3,(H,28,32)/t21-/m1/s1. The molecular formula is C26H36BrN3O4S. The first-order valence-corrected chi connectivity index (χ1v) is 14.5. The molecule has 0 spiro atoms. The number of hydrogen-bond acceptors (Lipinski definition) is 4. The zero-order valence-corrected chi connectivity index (χ0v) is 23.4. The van der Waals surface area contributed by atoms with Gasteiger partial charge in [-0.25, -0.2) is 8.42 Å². The number of hydrogen-bond donors (Lipinski definition) is 1. The SMILES string of the molecule is CCCCNC(=O)[C@@H](C)N(Cc1ccc(Br)cc1)C(=O)CCCN(c1cccc(C)c1)S(C)(=O)=O. The van der Waals surface area contributed by atoms with E-state index in [9.17, 15) is 18.0 Å². The number of benzene rings is 2. The van der Waals surface area contributed by atoms with Gasteiger partial charge >= 0.3 is 0 Å². The van der Waals surface area contributed by atoms with E-state index in [0.717, 1.165) is 28.4 Å². The highest BCUT2D eigenvalue weighted by Gasteiger charge is 2.26. The summed E-state index contributed by atoms with van der Waals surface area (Å²) < 4.78 is 27.1. The molecule has 0 heterocycles. The van der Waals surface area contributed by atoms with E-state index in [1.165, 1.54) is 10.6 Å². The molecule has 192 valence electrons. The number of sulfonamides is 1. The van der Waals surface area contributed by atoms with E-state index in [1.54, 1.807) is 17.9 Å². The van der Waals surface area contributed by atoms with E-state index >= 15 is 0 Å². The molecule has 0 aliphatic carbocycles. The average molecular weight is 567 g/mol. The second kappa shape index (κ2) is 13.6. The normalized spacial score (nSPS) is 12.1. The maximum Gasteiger partial charge on any atom is 0.242 e. The number of carbonyl (C=O) groups excluding carboxylic acids is 2. The first kappa shape index (κ1) is 28.8. The fourth-order valence-corrected chi connectivity index (χ4v) is 4.91. The van der Waals surface area contributed by atoms with Crippen LogP contribution in [-0.2, 0) is 26.2 Å². The zero-order chi connectivity index (χ0) is 26.0. The number of halogens is 1. The molecule has 0 saturated heterocycles. The Labute approximate surface area is 218 Å². The molecule has 2 rings (SSSR count). The molecule has 0 fully saturated rings. The van der Waals surface area contributed by atoms with Crippen molar-refractivity contribution in [1.82, 2.24) is 10.2 Å². The van der Waals surface area contributed by atoms with Crippen LogP contribution in [0.4, 0.5) is 5.69 Å². The van der Waals surface area contributed by atoms with Gasteiger partial charge in [-0.2, -0.15) is 0 Å². The Morgan fingerprint density at radius 2 is 1.77 bits per heavy atom. The van der Waals surface area contributed by atoms with E-state index in [2.05, 4.69) is 28.2 Å². The van der Waals surface area contributed by atoms with Gasteiger partial charge in [-0.05, 0) is 62.1 Å². The monoisotopic (exact) mass is 565 g/mol. The van der Waals surface area contributed by atoms with Crippen LogP contribution < -0.4 is 9.62 Å². The van der Waals surface area contributed by atoms with Gasteiger partial charge < -0.3 is 10.2 Å². The molecule has 0 aliphatic heterocycles. The van der Waals surface area contributed by atoms with Crippen LogP contribution in [0.3, 0.4) is 0 Å². The van der Waals surface area contributed by atoms with E-state index in [-0.39, 0.29) is 24.8 Å². The van der Waals surface area contributed by atoms with Crippen molar-refractivity contribution in [1.29, 1.82) is 0 Å². The summed E-state index contributed by atoms with van der Waals surface area (Å²) in [5.41, 5.74) is 2.44. The minimum absolute atomic E-state index is 0.126. The van der Waals surface area contributed by atoms with Crippen molar-refractivity contribution in [3.8, 4) is 0 Å². The third-order valence-electron chi connectivity index (χ3n) is 5.70. The van der Waals surface area contributed by atoms with Crippen molar-refractivity contribution >= 4 is 43.5 Å². The van der Waals surface area contributed by atoms with Gasteiger partial charge in [0.1, 0.15) is 6.04 Å². The van der Waals surface area contributed by atoms with Crippen molar-refractivity contribution in [3.63, 3.8) is 0 Å². The van der Waals surface area contributed by atoms with Crippen molar-refractivity contribution in [2.75, 3.05) is 23.7 Å². The molecule has 9 heteroatoms. The highest BCUT2D eigenvalue weighted by Crippen LogP contribution is 2.20.